The number of imidazole rings is 1. The Bertz CT molecular complexity index is 516. The van der Waals surface area contributed by atoms with Crippen LogP contribution in [0.25, 0.3) is 0 Å². The van der Waals surface area contributed by atoms with Gasteiger partial charge in [0, 0.05) is 30.8 Å². The highest BCUT2D eigenvalue weighted by Crippen LogP contribution is 2.29. The summed E-state index contributed by atoms with van der Waals surface area (Å²) < 4.78 is 2.37. The topological polar surface area (TPSA) is 43.8 Å². The minimum Gasteiger partial charge on any atom is -0.331 e. The van der Waals surface area contributed by atoms with Gasteiger partial charge in [-0.2, -0.15) is 0 Å². The van der Waals surface area contributed by atoms with Gasteiger partial charge in [-0.15, -0.1) is 0 Å². The van der Waals surface area contributed by atoms with Crippen molar-refractivity contribution >= 4 is 0 Å². The number of nitrogens with zero attached hydrogens (tertiary/aromatic N) is 2. The van der Waals surface area contributed by atoms with Crippen molar-refractivity contribution in [2.24, 2.45) is 5.73 Å². The van der Waals surface area contributed by atoms with Crippen molar-refractivity contribution in [2.75, 3.05) is 6.54 Å². The Morgan fingerprint density at radius 2 is 2.11 bits per heavy atom. The highest BCUT2D eigenvalue weighted by atomic mass is 15.1. The Morgan fingerprint density at radius 3 is 2.89 bits per heavy atom. The lowest BCUT2D eigenvalue weighted by Crippen LogP contribution is -2.21. The van der Waals surface area contributed by atoms with E-state index in [-0.39, 0.29) is 0 Å². The molecule has 1 aromatic carbocycles. The summed E-state index contributed by atoms with van der Waals surface area (Å²) in [4.78, 5) is 4.50. The molecule has 0 radical (unpaired) electrons. The molecule has 2 aromatic rings. The van der Waals surface area contributed by atoms with Crippen molar-refractivity contribution in [2.45, 2.75) is 31.7 Å². The van der Waals surface area contributed by atoms with Crippen LogP contribution in [-0.2, 0) is 19.4 Å². The first-order valence-electron chi connectivity index (χ1n) is 6.67. The normalized spacial score (nSPS) is 18.6. The van der Waals surface area contributed by atoms with E-state index in [1.165, 1.54) is 17.7 Å². The molecule has 2 heterocycles. The summed E-state index contributed by atoms with van der Waals surface area (Å²) in [7, 11) is 0. The minimum absolute atomic E-state index is 0.615. The summed E-state index contributed by atoms with van der Waals surface area (Å²) in [6.45, 7) is 1.72. The molecule has 0 amide bonds. The summed E-state index contributed by atoms with van der Waals surface area (Å²) in [5.41, 5.74) is 8.45. The number of fused-ring (bicyclic) bond motifs is 1. The molecule has 3 heteroatoms. The van der Waals surface area contributed by atoms with E-state index in [1.807, 2.05) is 6.20 Å². The van der Waals surface area contributed by atoms with Crippen LogP contribution in [0.2, 0.25) is 0 Å². The second kappa shape index (κ2) is 4.94. The summed E-state index contributed by atoms with van der Waals surface area (Å²) in [6, 6.07) is 10.8. The molecular weight excluding hydrogens is 222 g/mol. The van der Waals surface area contributed by atoms with Crippen LogP contribution in [0.5, 0.6) is 0 Å². The third-order valence-electron chi connectivity index (χ3n) is 3.81. The molecule has 3 rings (SSSR count). The van der Waals surface area contributed by atoms with Crippen LogP contribution in [-0.4, -0.2) is 16.1 Å². The van der Waals surface area contributed by atoms with Gasteiger partial charge >= 0.3 is 0 Å². The van der Waals surface area contributed by atoms with Crippen LogP contribution < -0.4 is 5.73 Å². The maximum absolute atomic E-state index is 5.65. The Balaban J connectivity index is 1.86. The van der Waals surface area contributed by atoms with Crippen molar-refractivity contribution in [3.05, 3.63) is 53.6 Å². The van der Waals surface area contributed by atoms with Crippen LogP contribution in [0, 0.1) is 0 Å². The van der Waals surface area contributed by atoms with E-state index in [1.54, 1.807) is 0 Å². The monoisotopic (exact) mass is 241 g/mol. The van der Waals surface area contributed by atoms with Gasteiger partial charge < -0.3 is 10.3 Å². The average molecular weight is 241 g/mol. The second-order valence-electron chi connectivity index (χ2n) is 4.96. The van der Waals surface area contributed by atoms with Gasteiger partial charge in [0.15, 0.2) is 0 Å². The molecular formula is C15H19N3. The van der Waals surface area contributed by atoms with Crippen LogP contribution in [0.1, 0.15) is 29.4 Å². The highest BCUT2D eigenvalue weighted by Gasteiger charge is 2.22. The number of hydrogen-bond donors (Lipinski definition) is 1. The molecule has 1 atom stereocenters. The standard InChI is InChI=1S/C15H19N3/c16-9-8-15-17-10-14-7-6-13(11-18(14)15)12-4-2-1-3-5-12/h1-5,10,13H,6-9,11,16H2. The van der Waals surface area contributed by atoms with Crippen LogP contribution in [0.4, 0.5) is 0 Å². The SMILES string of the molecule is NCCc1ncc2n1CC(c1ccccc1)CC2. The van der Waals surface area contributed by atoms with Gasteiger partial charge in [0.2, 0.25) is 0 Å². The molecule has 2 N–H and O–H groups in total. The molecule has 1 aliphatic rings. The van der Waals surface area contributed by atoms with E-state index in [4.69, 9.17) is 5.73 Å². The van der Waals surface area contributed by atoms with E-state index < -0.39 is 0 Å². The van der Waals surface area contributed by atoms with Crippen LogP contribution >= 0.6 is 0 Å². The fraction of sp³-hybridized carbons (Fsp3) is 0.400. The summed E-state index contributed by atoms with van der Waals surface area (Å²) >= 11 is 0. The largest absolute Gasteiger partial charge is 0.331 e. The number of nitrogens with two attached hydrogens (primary N) is 1. The number of aromatic nitrogens is 2. The molecule has 0 aliphatic carbocycles. The van der Waals surface area contributed by atoms with Crippen molar-refractivity contribution in [1.82, 2.24) is 9.55 Å². The van der Waals surface area contributed by atoms with Gasteiger partial charge in [-0.05, 0) is 24.9 Å². The zero-order valence-corrected chi connectivity index (χ0v) is 10.5. The number of benzene rings is 1. The van der Waals surface area contributed by atoms with E-state index in [0.29, 0.717) is 12.5 Å². The smallest absolute Gasteiger partial charge is 0.110 e. The Labute approximate surface area is 108 Å². The zero-order valence-electron chi connectivity index (χ0n) is 10.5. The molecule has 0 saturated heterocycles. The van der Waals surface area contributed by atoms with Gasteiger partial charge in [0.25, 0.3) is 0 Å². The molecule has 0 saturated carbocycles. The molecule has 0 spiro atoms. The minimum atomic E-state index is 0.615. The van der Waals surface area contributed by atoms with Gasteiger partial charge in [-0.25, -0.2) is 4.98 Å². The van der Waals surface area contributed by atoms with Crippen molar-refractivity contribution in [1.29, 1.82) is 0 Å². The lowest BCUT2D eigenvalue weighted by atomic mass is 9.91. The Morgan fingerprint density at radius 1 is 1.28 bits per heavy atom. The summed E-state index contributed by atoms with van der Waals surface area (Å²) in [5, 5.41) is 0. The molecule has 1 unspecified atom stereocenters. The van der Waals surface area contributed by atoms with Gasteiger partial charge in [0.1, 0.15) is 5.82 Å². The number of aryl methyl sites for hydroxylation is 1. The third kappa shape index (κ3) is 2.06. The van der Waals surface area contributed by atoms with Gasteiger partial charge in [0.05, 0.1) is 0 Å². The third-order valence-corrected chi connectivity index (χ3v) is 3.81. The van der Waals surface area contributed by atoms with Crippen molar-refractivity contribution < 1.29 is 0 Å². The fourth-order valence-corrected chi connectivity index (χ4v) is 2.84. The van der Waals surface area contributed by atoms with Crippen LogP contribution in [0.3, 0.4) is 0 Å². The Kier molecular flexibility index (Phi) is 3.15. The molecule has 1 aliphatic heterocycles. The molecule has 94 valence electrons. The fourth-order valence-electron chi connectivity index (χ4n) is 2.84. The van der Waals surface area contributed by atoms with Crippen molar-refractivity contribution in [3.63, 3.8) is 0 Å². The van der Waals surface area contributed by atoms with Gasteiger partial charge in [-0.1, -0.05) is 30.3 Å². The highest BCUT2D eigenvalue weighted by molar-refractivity contribution is 5.22. The lowest BCUT2D eigenvalue weighted by Gasteiger charge is -2.25. The molecule has 1 aromatic heterocycles. The van der Waals surface area contributed by atoms with E-state index in [9.17, 15) is 0 Å². The first-order chi connectivity index (χ1) is 8.88. The molecule has 0 fully saturated rings. The lowest BCUT2D eigenvalue weighted by molar-refractivity contribution is 0.451. The predicted molar refractivity (Wildman–Crippen MR) is 72.5 cm³/mol. The van der Waals surface area contributed by atoms with E-state index >= 15 is 0 Å². The van der Waals surface area contributed by atoms with E-state index in [0.717, 1.165) is 25.2 Å². The first-order valence-corrected chi connectivity index (χ1v) is 6.67. The molecule has 3 nitrogen and oxygen atoms in total. The van der Waals surface area contributed by atoms with Gasteiger partial charge in [-0.3, -0.25) is 0 Å². The number of rotatable bonds is 3. The average Bonchev–Trinajstić information content (AvgIpc) is 2.83. The first kappa shape index (κ1) is 11.5. The maximum Gasteiger partial charge on any atom is 0.110 e. The summed E-state index contributed by atoms with van der Waals surface area (Å²) in [5.74, 6) is 1.76. The van der Waals surface area contributed by atoms with Crippen LogP contribution in [0.15, 0.2) is 36.5 Å². The summed E-state index contributed by atoms with van der Waals surface area (Å²) in [6.07, 6.45) is 5.24. The van der Waals surface area contributed by atoms with Crippen molar-refractivity contribution in [3.8, 4) is 0 Å². The molecule has 0 bridgehead atoms. The predicted octanol–water partition coefficient (Wildman–Crippen LogP) is 2.11. The second-order valence-corrected chi connectivity index (χ2v) is 4.96. The maximum atomic E-state index is 5.65. The molecule has 18 heavy (non-hydrogen) atoms. The quantitative estimate of drug-likeness (QED) is 0.894. The number of hydrogen-bond acceptors (Lipinski definition) is 2. The Hall–Kier alpha value is -1.61. The zero-order chi connectivity index (χ0) is 12.4. The van der Waals surface area contributed by atoms with E-state index in [2.05, 4.69) is 39.9 Å².